The van der Waals surface area contributed by atoms with Crippen LogP contribution < -0.4 is 11.1 Å². The number of hydrogen-bond donors (Lipinski definition) is 3. The van der Waals surface area contributed by atoms with Crippen LogP contribution in [0.15, 0.2) is 48.4 Å². The summed E-state index contributed by atoms with van der Waals surface area (Å²) in [6, 6.07) is 8.28. The quantitative estimate of drug-likeness (QED) is 0.450. The van der Waals surface area contributed by atoms with Crippen molar-refractivity contribution in [3.63, 3.8) is 0 Å². The first-order valence-corrected chi connectivity index (χ1v) is 11.4. The smallest absolute Gasteiger partial charge is 0.133 e. The Labute approximate surface area is 194 Å². The van der Waals surface area contributed by atoms with Gasteiger partial charge in [0.05, 0.1) is 13.2 Å². The second-order valence-electron chi connectivity index (χ2n) is 7.03. The summed E-state index contributed by atoms with van der Waals surface area (Å²) in [5.41, 5.74) is 6.87. The van der Waals surface area contributed by atoms with Crippen molar-refractivity contribution in [2.75, 3.05) is 44.7 Å². The van der Waals surface area contributed by atoms with Crippen LogP contribution in [0, 0.1) is 0 Å². The normalized spacial score (nSPS) is 15.8. The van der Waals surface area contributed by atoms with Crippen LogP contribution in [-0.4, -0.2) is 61.7 Å². The SMILES string of the molecule is C=CCN.CC.CC1=C(C)OCCO1.O=CCN1CCC(Nc2ccccc2CO)CC1. The van der Waals surface area contributed by atoms with Gasteiger partial charge < -0.3 is 30.4 Å². The highest BCUT2D eigenvalue weighted by Crippen LogP contribution is 2.20. The van der Waals surface area contributed by atoms with Gasteiger partial charge in [-0.3, -0.25) is 4.90 Å². The van der Waals surface area contributed by atoms with E-state index in [9.17, 15) is 9.90 Å². The Morgan fingerprint density at radius 1 is 1.16 bits per heavy atom. The zero-order chi connectivity index (χ0) is 24.2. The molecule has 0 saturated carbocycles. The molecule has 32 heavy (non-hydrogen) atoms. The third-order valence-corrected chi connectivity index (χ3v) is 4.85. The average molecular weight is 450 g/mol. The number of nitrogens with one attached hydrogen (secondary N) is 1. The van der Waals surface area contributed by atoms with E-state index < -0.39 is 0 Å². The molecule has 0 amide bonds. The van der Waals surface area contributed by atoms with Gasteiger partial charge in [-0.25, -0.2) is 0 Å². The van der Waals surface area contributed by atoms with E-state index in [4.69, 9.17) is 15.2 Å². The van der Waals surface area contributed by atoms with E-state index in [1.807, 2.05) is 52.0 Å². The molecule has 182 valence electrons. The Hall–Kier alpha value is -2.35. The first-order valence-electron chi connectivity index (χ1n) is 11.4. The van der Waals surface area contributed by atoms with Crippen molar-refractivity contribution in [1.29, 1.82) is 0 Å². The fourth-order valence-electron chi connectivity index (χ4n) is 2.98. The molecule has 0 aromatic heterocycles. The molecule has 1 aromatic rings. The van der Waals surface area contributed by atoms with Gasteiger partial charge >= 0.3 is 0 Å². The number of piperidine rings is 1. The fourth-order valence-corrected chi connectivity index (χ4v) is 2.98. The molecule has 3 rings (SSSR count). The van der Waals surface area contributed by atoms with Crippen LogP contribution in [0.4, 0.5) is 5.69 Å². The monoisotopic (exact) mass is 449 g/mol. The van der Waals surface area contributed by atoms with Gasteiger partial charge in [0.2, 0.25) is 0 Å². The number of nitrogens with zero attached hydrogens (tertiary/aromatic N) is 1. The number of carbonyl (C=O) groups excluding carboxylic acids is 1. The van der Waals surface area contributed by atoms with Gasteiger partial charge in [0.1, 0.15) is 31.0 Å². The molecular formula is C25H43N3O4. The number of nitrogens with two attached hydrogens (primary N) is 1. The Bertz CT molecular complexity index is 642. The molecule has 0 atom stereocenters. The predicted octanol–water partition coefficient (Wildman–Crippen LogP) is 3.70. The lowest BCUT2D eigenvalue weighted by molar-refractivity contribution is -0.109. The van der Waals surface area contributed by atoms with Crippen LogP contribution in [0.3, 0.4) is 0 Å². The maximum atomic E-state index is 10.4. The van der Waals surface area contributed by atoms with E-state index in [1.54, 1.807) is 6.08 Å². The van der Waals surface area contributed by atoms with E-state index in [-0.39, 0.29) is 6.61 Å². The fraction of sp³-hybridized carbons (Fsp3) is 0.560. The average Bonchev–Trinajstić information content (AvgIpc) is 2.84. The Kier molecular flexibility index (Phi) is 17.9. The van der Waals surface area contributed by atoms with Crippen LogP contribution in [0.5, 0.6) is 0 Å². The minimum Gasteiger partial charge on any atom is -0.491 e. The number of carbonyl (C=O) groups is 1. The minimum atomic E-state index is 0.0627. The van der Waals surface area contributed by atoms with Gasteiger partial charge in [-0.05, 0) is 32.8 Å². The van der Waals surface area contributed by atoms with Crippen molar-refractivity contribution in [1.82, 2.24) is 4.90 Å². The molecule has 2 heterocycles. The number of hydrogen-bond acceptors (Lipinski definition) is 7. The zero-order valence-electron chi connectivity index (χ0n) is 20.3. The lowest BCUT2D eigenvalue weighted by atomic mass is 10.0. The van der Waals surface area contributed by atoms with Gasteiger partial charge in [0.15, 0.2) is 0 Å². The number of para-hydroxylation sites is 1. The second-order valence-corrected chi connectivity index (χ2v) is 7.03. The van der Waals surface area contributed by atoms with Crippen molar-refractivity contribution in [2.45, 2.75) is 53.2 Å². The maximum Gasteiger partial charge on any atom is 0.133 e. The van der Waals surface area contributed by atoms with Gasteiger partial charge in [-0.1, -0.05) is 38.1 Å². The molecule has 4 N–H and O–H groups in total. The molecule has 1 saturated heterocycles. The summed E-state index contributed by atoms with van der Waals surface area (Å²) in [4.78, 5) is 12.6. The number of aliphatic hydroxyl groups is 1. The number of likely N-dealkylation sites (tertiary alicyclic amines) is 1. The van der Waals surface area contributed by atoms with Crippen LogP contribution in [0.1, 0.15) is 46.1 Å². The first-order chi connectivity index (χ1) is 15.5. The van der Waals surface area contributed by atoms with E-state index >= 15 is 0 Å². The van der Waals surface area contributed by atoms with Crippen molar-refractivity contribution in [2.24, 2.45) is 5.73 Å². The van der Waals surface area contributed by atoms with Crippen molar-refractivity contribution < 1.29 is 19.4 Å². The lowest BCUT2D eigenvalue weighted by Gasteiger charge is -2.32. The molecule has 2 aliphatic rings. The van der Waals surface area contributed by atoms with Crippen molar-refractivity contribution in [3.05, 3.63) is 54.0 Å². The van der Waals surface area contributed by atoms with E-state index in [1.165, 1.54) is 0 Å². The topological polar surface area (TPSA) is 97.1 Å². The van der Waals surface area contributed by atoms with Gasteiger partial charge in [0.25, 0.3) is 0 Å². The highest BCUT2D eigenvalue weighted by atomic mass is 16.6. The van der Waals surface area contributed by atoms with Crippen LogP contribution in [0.2, 0.25) is 0 Å². The summed E-state index contributed by atoms with van der Waals surface area (Å²) in [5, 5.41) is 12.8. The molecular weight excluding hydrogens is 406 g/mol. The van der Waals surface area contributed by atoms with Gasteiger partial charge in [0, 0.05) is 36.9 Å². The molecule has 1 fully saturated rings. The highest BCUT2D eigenvalue weighted by Gasteiger charge is 2.19. The summed E-state index contributed by atoms with van der Waals surface area (Å²) in [6.45, 7) is 15.7. The number of rotatable bonds is 6. The lowest BCUT2D eigenvalue weighted by Crippen LogP contribution is -2.39. The third kappa shape index (κ3) is 12.5. The molecule has 1 aromatic carbocycles. The molecule has 7 nitrogen and oxygen atoms in total. The number of aldehydes is 1. The van der Waals surface area contributed by atoms with Gasteiger partial charge in [-0.15, -0.1) is 6.58 Å². The molecule has 0 aliphatic carbocycles. The third-order valence-electron chi connectivity index (χ3n) is 4.85. The second kappa shape index (κ2) is 19.3. The summed E-state index contributed by atoms with van der Waals surface area (Å²) in [6.07, 6.45) is 4.69. The van der Waals surface area contributed by atoms with Crippen molar-refractivity contribution >= 4 is 12.0 Å². The minimum absolute atomic E-state index is 0.0627. The molecule has 0 spiro atoms. The number of anilines is 1. The standard InChI is InChI=1S/C14H20N2O2.C6H10O2.C3H7N.C2H6/c17-10-9-16-7-5-13(6-8-16)15-14-4-2-1-3-12(14)11-18;1-5-6(2)8-4-3-7-5;1-2-3-4;1-2/h1-4,10,13,15,18H,5-9,11H2;3-4H2,1-2H3;2H,1,3-4H2;1-2H3. The van der Waals surface area contributed by atoms with E-state index in [0.717, 1.165) is 55.0 Å². The number of benzene rings is 1. The van der Waals surface area contributed by atoms with Crippen LogP contribution in [-0.2, 0) is 20.9 Å². The maximum absolute atomic E-state index is 10.4. The zero-order valence-corrected chi connectivity index (χ0v) is 20.3. The molecule has 0 bridgehead atoms. The summed E-state index contributed by atoms with van der Waals surface area (Å²) in [5.74, 6) is 1.83. The van der Waals surface area contributed by atoms with E-state index in [2.05, 4.69) is 16.8 Å². The van der Waals surface area contributed by atoms with Crippen LogP contribution in [0.25, 0.3) is 0 Å². The Balaban J connectivity index is 0.000000568. The van der Waals surface area contributed by atoms with E-state index in [0.29, 0.717) is 32.3 Å². The van der Waals surface area contributed by atoms with Gasteiger partial charge in [-0.2, -0.15) is 0 Å². The number of aliphatic hydroxyl groups excluding tert-OH is 1. The summed E-state index contributed by atoms with van der Waals surface area (Å²) < 4.78 is 10.3. The molecule has 0 radical (unpaired) electrons. The van der Waals surface area contributed by atoms with Crippen molar-refractivity contribution in [3.8, 4) is 0 Å². The first kappa shape index (κ1) is 29.7. The summed E-state index contributed by atoms with van der Waals surface area (Å²) in [7, 11) is 0. The van der Waals surface area contributed by atoms with Crippen LogP contribution >= 0.6 is 0 Å². The predicted molar refractivity (Wildman–Crippen MR) is 132 cm³/mol. The highest BCUT2D eigenvalue weighted by molar-refractivity contribution is 5.52. The summed E-state index contributed by atoms with van der Waals surface area (Å²) >= 11 is 0. The Morgan fingerprint density at radius 3 is 2.12 bits per heavy atom. The number of allylic oxidation sites excluding steroid dienone is 2. The molecule has 7 heteroatoms. The number of ether oxygens (including phenoxy) is 2. The largest absolute Gasteiger partial charge is 0.491 e. The Morgan fingerprint density at radius 2 is 1.69 bits per heavy atom. The molecule has 0 unspecified atom stereocenters. The molecule has 2 aliphatic heterocycles.